The first-order chi connectivity index (χ1) is 15.2. The van der Waals surface area contributed by atoms with Gasteiger partial charge in [-0.05, 0) is 92.9 Å². The van der Waals surface area contributed by atoms with E-state index in [9.17, 15) is 0 Å². The van der Waals surface area contributed by atoms with E-state index in [4.69, 9.17) is 0 Å². The van der Waals surface area contributed by atoms with Gasteiger partial charge in [-0.1, -0.05) is 89.0 Å². The molecule has 2 aromatic carbocycles. The van der Waals surface area contributed by atoms with Crippen LogP contribution in [0.4, 0.5) is 0 Å². The highest BCUT2D eigenvalue weighted by molar-refractivity contribution is 7.44. The first kappa shape index (κ1) is 25.4. The van der Waals surface area contributed by atoms with Gasteiger partial charge in [0.1, 0.15) is 0 Å². The van der Waals surface area contributed by atoms with E-state index in [0.29, 0.717) is 0 Å². The van der Waals surface area contributed by atoms with Crippen molar-refractivity contribution < 1.29 is 0 Å². The Morgan fingerprint density at radius 2 is 1.22 bits per heavy atom. The van der Waals surface area contributed by atoms with Crippen molar-refractivity contribution in [2.75, 3.05) is 0 Å². The summed E-state index contributed by atoms with van der Waals surface area (Å²) in [6, 6.07) is 19.0. The van der Waals surface area contributed by atoms with Gasteiger partial charge in [-0.15, -0.1) is 9.24 Å². The van der Waals surface area contributed by atoms with Crippen LogP contribution >= 0.6 is 17.4 Å². The zero-order valence-electron chi connectivity index (χ0n) is 21.1. The molecule has 0 aliphatic carbocycles. The smallest absolute Gasteiger partial charge is 0.0359 e. The predicted octanol–water partition coefficient (Wildman–Crippen LogP) is 9.13. The summed E-state index contributed by atoms with van der Waals surface area (Å²) in [4.78, 5) is 0. The molecule has 2 atom stereocenters. The molecule has 0 radical (unpaired) electrons. The predicted molar refractivity (Wildman–Crippen MR) is 150 cm³/mol. The molecule has 3 rings (SSSR count). The molecular weight excluding hydrogens is 422 g/mol. The van der Waals surface area contributed by atoms with Crippen molar-refractivity contribution in [3.63, 3.8) is 0 Å². The van der Waals surface area contributed by atoms with Crippen molar-refractivity contribution in [1.29, 1.82) is 0 Å². The highest BCUT2D eigenvalue weighted by atomic mass is 31.1. The zero-order chi connectivity index (χ0) is 23.4. The third-order valence-corrected chi connectivity index (χ3v) is 10.1. The second-order valence-electron chi connectivity index (χ2n) is 9.97. The van der Waals surface area contributed by atoms with Crippen molar-refractivity contribution in [1.82, 2.24) is 0 Å². The molecule has 2 heteroatoms. The molecule has 2 unspecified atom stereocenters. The zero-order valence-corrected chi connectivity index (χ0v) is 23.1. The highest BCUT2D eigenvalue weighted by Crippen LogP contribution is 2.54. The third-order valence-electron chi connectivity index (χ3n) is 7.53. The van der Waals surface area contributed by atoms with Gasteiger partial charge in [-0.2, -0.15) is 0 Å². The lowest BCUT2D eigenvalue weighted by atomic mass is 9.79. The first-order valence-electron chi connectivity index (χ1n) is 12.5. The van der Waals surface area contributed by atoms with Gasteiger partial charge in [0.15, 0.2) is 0 Å². The standard InChI is InChI=1S/C30H42P2/c1-7-9-11-25-13-17-27(18-14-25)30(31,21-29(6)23(4)22(3)24(5)32-29)28-19-15-26(16-20-28)12-10-8-2/h13-20H,7-12,21,31H2,1-6H3. The van der Waals surface area contributed by atoms with Crippen LogP contribution in [0.3, 0.4) is 0 Å². The topological polar surface area (TPSA) is 0 Å². The molecule has 32 heavy (non-hydrogen) atoms. The van der Waals surface area contributed by atoms with E-state index in [1.54, 1.807) is 5.57 Å². The van der Waals surface area contributed by atoms with Gasteiger partial charge in [-0.3, -0.25) is 0 Å². The molecule has 172 valence electrons. The fourth-order valence-corrected chi connectivity index (χ4v) is 7.70. The van der Waals surface area contributed by atoms with Crippen LogP contribution in [0.1, 0.15) is 95.9 Å². The average molecular weight is 465 g/mol. The van der Waals surface area contributed by atoms with Crippen molar-refractivity contribution in [3.8, 4) is 0 Å². The van der Waals surface area contributed by atoms with Crippen LogP contribution in [0, 0.1) is 0 Å². The Kier molecular flexibility index (Phi) is 8.58. The van der Waals surface area contributed by atoms with Crippen LogP contribution in [0.25, 0.3) is 0 Å². The van der Waals surface area contributed by atoms with E-state index in [1.165, 1.54) is 79.8 Å². The number of hydrogen-bond acceptors (Lipinski definition) is 0. The lowest BCUT2D eigenvalue weighted by Crippen LogP contribution is -2.31. The number of unbranched alkanes of at least 4 members (excludes halogenated alkanes) is 2. The number of allylic oxidation sites excluding steroid dienone is 2. The van der Waals surface area contributed by atoms with E-state index >= 15 is 0 Å². The first-order valence-corrected chi connectivity index (χ1v) is 13.9. The summed E-state index contributed by atoms with van der Waals surface area (Å²) in [6.07, 6.45) is 8.47. The van der Waals surface area contributed by atoms with E-state index in [0.717, 1.165) is 6.42 Å². The van der Waals surface area contributed by atoms with Crippen LogP contribution < -0.4 is 0 Å². The summed E-state index contributed by atoms with van der Waals surface area (Å²) < 4.78 is 0. The molecule has 0 bridgehead atoms. The largest absolute Gasteiger partial charge is 0.122 e. The summed E-state index contributed by atoms with van der Waals surface area (Å²) in [7, 11) is 4.77. The van der Waals surface area contributed by atoms with Gasteiger partial charge < -0.3 is 0 Å². The maximum Gasteiger partial charge on any atom is 0.0359 e. The van der Waals surface area contributed by atoms with Crippen molar-refractivity contribution in [2.45, 2.75) is 96.8 Å². The summed E-state index contributed by atoms with van der Waals surface area (Å²) in [5, 5.41) is 1.60. The molecule has 0 aromatic heterocycles. The number of aryl methyl sites for hydroxylation is 2. The van der Waals surface area contributed by atoms with E-state index in [2.05, 4.69) is 99.3 Å². The lowest BCUT2D eigenvalue weighted by molar-refractivity contribution is 0.567. The molecule has 0 amide bonds. The summed E-state index contributed by atoms with van der Waals surface area (Å²) in [5.74, 6) is 0. The van der Waals surface area contributed by atoms with Crippen molar-refractivity contribution in [2.24, 2.45) is 0 Å². The Morgan fingerprint density at radius 1 is 0.781 bits per heavy atom. The van der Waals surface area contributed by atoms with Crippen LogP contribution in [0.2, 0.25) is 0 Å². The van der Waals surface area contributed by atoms with Crippen LogP contribution in [-0.2, 0) is 18.0 Å². The van der Waals surface area contributed by atoms with Gasteiger partial charge >= 0.3 is 0 Å². The van der Waals surface area contributed by atoms with Gasteiger partial charge in [0, 0.05) is 10.3 Å². The molecule has 0 nitrogen and oxygen atoms in total. The van der Waals surface area contributed by atoms with E-state index in [1.807, 2.05) is 0 Å². The fraction of sp³-hybridized carbons (Fsp3) is 0.500. The van der Waals surface area contributed by atoms with Crippen molar-refractivity contribution >= 4 is 22.7 Å². The second kappa shape index (κ2) is 10.8. The number of hydrogen-bond donors (Lipinski definition) is 0. The Hall–Kier alpha value is -1.22. The number of benzene rings is 2. The quantitative estimate of drug-likeness (QED) is 0.308. The molecule has 1 aliphatic heterocycles. The normalized spacial score (nSPS) is 19.4. The molecule has 1 aliphatic rings. The summed E-state index contributed by atoms with van der Waals surface area (Å²) in [5.41, 5.74) is 8.80. The minimum Gasteiger partial charge on any atom is -0.122 e. The van der Waals surface area contributed by atoms with Crippen LogP contribution in [0.15, 0.2) is 59.7 Å². The Bertz CT molecular complexity index is 911. The molecule has 1 heterocycles. The molecule has 0 spiro atoms. The molecule has 0 saturated heterocycles. The van der Waals surface area contributed by atoms with E-state index in [-0.39, 0.29) is 10.3 Å². The molecule has 0 N–H and O–H groups in total. The van der Waals surface area contributed by atoms with Gasteiger partial charge in [-0.25, -0.2) is 0 Å². The molecule has 0 saturated carbocycles. The van der Waals surface area contributed by atoms with E-state index < -0.39 is 0 Å². The molecular formula is C30H42P2. The van der Waals surface area contributed by atoms with Gasteiger partial charge in [0.2, 0.25) is 0 Å². The third kappa shape index (κ3) is 5.46. The molecule has 2 aromatic rings. The number of rotatable bonds is 10. The van der Waals surface area contributed by atoms with Gasteiger partial charge in [0.25, 0.3) is 0 Å². The summed E-state index contributed by atoms with van der Waals surface area (Å²) in [6.45, 7) is 14.0. The highest BCUT2D eigenvalue weighted by Gasteiger charge is 2.41. The fourth-order valence-electron chi connectivity index (χ4n) is 5.00. The van der Waals surface area contributed by atoms with Crippen LogP contribution in [0.5, 0.6) is 0 Å². The summed E-state index contributed by atoms with van der Waals surface area (Å²) >= 11 is 0. The average Bonchev–Trinajstić information content (AvgIpc) is 2.98. The Balaban J connectivity index is 2.01. The molecule has 0 fully saturated rings. The van der Waals surface area contributed by atoms with Gasteiger partial charge in [0.05, 0.1) is 0 Å². The Labute approximate surface area is 201 Å². The maximum absolute atomic E-state index is 3.30. The minimum atomic E-state index is -0.0967. The second-order valence-corrected chi connectivity index (χ2v) is 12.8. The van der Waals surface area contributed by atoms with Crippen LogP contribution in [-0.4, -0.2) is 10.4 Å². The SMILES string of the molecule is CCCCc1ccc(C(P)(CC2(C)P=C(C)C(C)=C2C)c2ccc(CCCC)cc2)cc1. The minimum absolute atomic E-state index is 0.0967. The Morgan fingerprint density at radius 3 is 1.56 bits per heavy atom. The van der Waals surface area contributed by atoms with Crippen molar-refractivity contribution in [3.05, 3.63) is 81.9 Å². The lowest BCUT2D eigenvalue weighted by Gasteiger charge is -2.38. The maximum atomic E-state index is 3.30. The monoisotopic (exact) mass is 464 g/mol.